The Kier molecular flexibility index (Phi) is 5.29. The minimum Gasteiger partial charge on any atom is -0.484 e. The molecule has 1 N–H and O–H groups in total. The molecule has 0 bridgehead atoms. The van der Waals surface area contributed by atoms with Crippen LogP contribution in [0.5, 0.6) is 5.75 Å². The fourth-order valence-corrected chi connectivity index (χ4v) is 3.21. The highest BCUT2D eigenvalue weighted by Gasteiger charge is 2.17. The van der Waals surface area contributed by atoms with Crippen molar-refractivity contribution in [3.05, 3.63) is 30.5 Å². The number of nitrogens with zero attached hydrogens (tertiary/aromatic N) is 4. The average Bonchev–Trinajstić information content (AvgIpc) is 3.33. The molecule has 3 heterocycles. The second-order valence-corrected chi connectivity index (χ2v) is 6.98. The SMILES string of the molecule is CC[C@@H](C)n1ncc2[nH]c(-c3ccc(OCC(=O)N4CCOCC4)cc3)nc21. The predicted octanol–water partition coefficient (Wildman–Crippen LogP) is 2.64. The standard InChI is InChI=1S/C20H25N5O3/c1-3-14(2)25-20-17(12-21-25)22-19(23-20)15-4-6-16(7-5-15)28-13-18(26)24-8-10-27-11-9-24/h4-7,12,14H,3,8-11,13H2,1-2H3,(H,22,23)/t14-/m1/s1. The summed E-state index contributed by atoms with van der Waals surface area (Å²) in [4.78, 5) is 22.0. The molecule has 0 saturated carbocycles. The molecule has 148 valence electrons. The summed E-state index contributed by atoms with van der Waals surface area (Å²) in [6.45, 7) is 6.73. The summed E-state index contributed by atoms with van der Waals surface area (Å²) in [6.07, 6.45) is 2.81. The molecule has 4 rings (SSSR count). The van der Waals surface area contributed by atoms with E-state index in [1.807, 2.05) is 35.1 Å². The number of imidazole rings is 1. The lowest BCUT2D eigenvalue weighted by atomic mass is 10.2. The lowest BCUT2D eigenvalue weighted by Gasteiger charge is -2.26. The Bertz CT molecular complexity index is 941. The number of carbonyl (C=O) groups is 1. The zero-order valence-corrected chi connectivity index (χ0v) is 16.2. The van der Waals surface area contributed by atoms with E-state index in [9.17, 15) is 4.79 Å². The van der Waals surface area contributed by atoms with Crippen molar-refractivity contribution in [2.45, 2.75) is 26.3 Å². The zero-order valence-electron chi connectivity index (χ0n) is 16.2. The lowest BCUT2D eigenvalue weighted by molar-refractivity contribution is -0.137. The van der Waals surface area contributed by atoms with Crippen LogP contribution in [0.25, 0.3) is 22.6 Å². The molecule has 0 spiro atoms. The van der Waals surface area contributed by atoms with Gasteiger partial charge in [-0.05, 0) is 37.6 Å². The number of rotatable bonds is 6. The molecule has 1 aromatic carbocycles. The molecule has 1 aliphatic rings. The second kappa shape index (κ2) is 8.02. The van der Waals surface area contributed by atoms with Gasteiger partial charge in [0.05, 0.1) is 25.5 Å². The maximum absolute atomic E-state index is 12.2. The zero-order chi connectivity index (χ0) is 19.5. The van der Waals surface area contributed by atoms with E-state index in [1.165, 1.54) is 0 Å². The highest BCUT2D eigenvalue weighted by Crippen LogP contribution is 2.24. The molecule has 8 nitrogen and oxygen atoms in total. The number of carbonyl (C=O) groups excluding carboxylic acids is 1. The molecule has 3 aromatic rings. The van der Waals surface area contributed by atoms with Gasteiger partial charge in [-0.15, -0.1) is 0 Å². The number of H-pyrrole nitrogens is 1. The van der Waals surface area contributed by atoms with E-state index in [0.29, 0.717) is 38.1 Å². The first-order valence-electron chi connectivity index (χ1n) is 9.67. The van der Waals surface area contributed by atoms with E-state index in [-0.39, 0.29) is 12.5 Å². The summed E-state index contributed by atoms with van der Waals surface area (Å²) in [7, 11) is 0. The smallest absolute Gasteiger partial charge is 0.260 e. The van der Waals surface area contributed by atoms with Crippen LogP contribution >= 0.6 is 0 Å². The largest absolute Gasteiger partial charge is 0.484 e. The number of aromatic nitrogens is 4. The van der Waals surface area contributed by atoms with Crippen LogP contribution in [0.15, 0.2) is 30.5 Å². The highest BCUT2D eigenvalue weighted by atomic mass is 16.5. The molecular formula is C20H25N5O3. The van der Waals surface area contributed by atoms with E-state index in [2.05, 4.69) is 23.9 Å². The molecule has 28 heavy (non-hydrogen) atoms. The van der Waals surface area contributed by atoms with Gasteiger partial charge in [-0.2, -0.15) is 5.10 Å². The third-order valence-electron chi connectivity index (χ3n) is 5.10. The van der Waals surface area contributed by atoms with Crippen molar-refractivity contribution in [3.8, 4) is 17.1 Å². The third-order valence-corrected chi connectivity index (χ3v) is 5.10. The van der Waals surface area contributed by atoms with Gasteiger partial charge in [0.15, 0.2) is 12.3 Å². The van der Waals surface area contributed by atoms with E-state index >= 15 is 0 Å². The van der Waals surface area contributed by atoms with Crippen LogP contribution < -0.4 is 4.74 Å². The van der Waals surface area contributed by atoms with Crippen LogP contribution in [0.4, 0.5) is 0 Å². The van der Waals surface area contributed by atoms with Crippen LogP contribution in [-0.4, -0.2) is 63.5 Å². The monoisotopic (exact) mass is 383 g/mol. The van der Waals surface area contributed by atoms with Crippen LogP contribution in [0.3, 0.4) is 0 Å². The van der Waals surface area contributed by atoms with Gasteiger partial charge in [0.1, 0.15) is 17.1 Å². The van der Waals surface area contributed by atoms with Gasteiger partial charge in [0.2, 0.25) is 0 Å². The van der Waals surface area contributed by atoms with Crippen molar-refractivity contribution >= 4 is 17.1 Å². The fourth-order valence-electron chi connectivity index (χ4n) is 3.21. The molecule has 2 aromatic heterocycles. The summed E-state index contributed by atoms with van der Waals surface area (Å²) >= 11 is 0. The molecule has 0 unspecified atom stereocenters. The third kappa shape index (κ3) is 3.73. The summed E-state index contributed by atoms with van der Waals surface area (Å²) < 4.78 is 12.9. The van der Waals surface area contributed by atoms with Crippen molar-refractivity contribution in [1.29, 1.82) is 0 Å². The van der Waals surface area contributed by atoms with Gasteiger partial charge in [-0.3, -0.25) is 4.79 Å². The number of amides is 1. The van der Waals surface area contributed by atoms with Crippen LogP contribution in [0.1, 0.15) is 26.3 Å². The number of aromatic amines is 1. The summed E-state index contributed by atoms with van der Waals surface area (Å²) in [5.41, 5.74) is 2.74. The topological polar surface area (TPSA) is 85.3 Å². The van der Waals surface area contributed by atoms with E-state index in [0.717, 1.165) is 29.0 Å². The second-order valence-electron chi connectivity index (χ2n) is 6.98. The van der Waals surface area contributed by atoms with E-state index in [4.69, 9.17) is 14.5 Å². The number of nitrogens with one attached hydrogen (secondary N) is 1. The molecule has 8 heteroatoms. The number of hydrogen-bond acceptors (Lipinski definition) is 5. The Morgan fingerprint density at radius 2 is 2.04 bits per heavy atom. The van der Waals surface area contributed by atoms with Crippen molar-refractivity contribution in [3.63, 3.8) is 0 Å². The molecule has 0 aliphatic carbocycles. The van der Waals surface area contributed by atoms with Gasteiger partial charge < -0.3 is 19.4 Å². The van der Waals surface area contributed by atoms with Gasteiger partial charge in [0, 0.05) is 18.7 Å². The first-order valence-corrected chi connectivity index (χ1v) is 9.67. The number of benzene rings is 1. The normalized spacial score (nSPS) is 15.7. The summed E-state index contributed by atoms with van der Waals surface area (Å²) in [5.74, 6) is 1.44. The minimum atomic E-state index is -0.0146. The number of ether oxygens (including phenoxy) is 2. The quantitative estimate of drug-likeness (QED) is 0.707. The Morgan fingerprint density at radius 3 is 2.75 bits per heavy atom. The molecule has 1 aliphatic heterocycles. The Hall–Kier alpha value is -2.87. The van der Waals surface area contributed by atoms with Gasteiger partial charge >= 0.3 is 0 Å². The Morgan fingerprint density at radius 1 is 1.29 bits per heavy atom. The van der Waals surface area contributed by atoms with Gasteiger partial charge in [-0.25, -0.2) is 9.67 Å². The first-order chi connectivity index (χ1) is 13.7. The Labute approximate surface area is 163 Å². The van der Waals surface area contributed by atoms with E-state index < -0.39 is 0 Å². The van der Waals surface area contributed by atoms with Crippen LogP contribution in [0, 0.1) is 0 Å². The van der Waals surface area contributed by atoms with E-state index in [1.54, 1.807) is 4.90 Å². The Balaban J connectivity index is 1.42. The first kappa shape index (κ1) is 18.5. The number of fused-ring (bicyclic) bond motifs is 1. The van der Waals surface area contributed by atoms with Gasteiger partial charge in [-0.1, -0.05) is 6.92 Å². The minimum absolute atomic E-state index is 0.0146. The maximum Gasteiger partial charge on any atom is 0.260 e. The van der Waals surface area contributed by atoms with Crippen LogP contribution in [0.2, 0.25) is 0 Å². The molecular weight excluding hydrogens is 358 g/mol. The number of hydrogen-bond donors (Lipinski definition) is 1. The number of morpholine rings is 1. The average molecular weight is 383 g/mol. The van der Waals surface area contributed by atoms with Crippen molar-refractivity contribution in [2.75, 3.05) is 32.9 Å². The van der Waals surface area contributed by atoms with Gasteiger partial charge in [0.25, 0.3) is 5.91 Å². The van der Waals surface area contributed by atoms with Crippen molar-refractivity contribution in [1.82, 2.24) is 24.6 Å². The van der Waals surface area contributed by atoms with Crippen molar-refractivity contribution in [2.24, 2.45) is 0 Å². The summed E-state index contributed by atoms with van der Waals surface area (Å²) in [6, 6.07) is 7.89. The maximum atomic E-state index is 12.2. The van der Waals surface area contributed by atoms with Crippen LogP contribution in [-0.2, 0) is 9.53 Å². The molecule has 1 fully saturated rings. The molecule has 0 radical (unpaired) electrons. The molecule has 1 amide bonds. The van der Waals surface area contributed by atoms with Crippen molar-refractivity contribution < 1.29 is 14.3 Å². The lowest BCUT2D eigenvalue weighted by Crippen LogP contribution is -2.42. The molecule has 1 atom stereocenters. The fraction of sp³-hybridized carbons (Fsp3) is 0.450. The molecule has 1 saturated heterocycles. The predicted molar refractivity (Wildman–Crippen MR) is 105 cm³/mol. The highest BCUT2D eigenvalue weighted by molar-refractivity contribution is 5.78. The summed E-state index contributed by atoms with van der Waals surface area (Å²) in [5, 5.41) is 4.41.